The van der Waals surface area contributed by atoms with Crippen LogP contribution >= 0.6 is 0 Å². The number of ether oxygens (including phenoxy) is 1. The second-order valence-electron chi connectivity index (χ2n) is 4.21. The molecular weight excluding hydrogens is 216 g/mol. The van der Waals surface area contributed by atoms with Crippen molar-refractivity contribution < 1.29 is 4.74 Å². The molecule has 0 unspecified atom stereocenters. The van der Waals surface area contributed by atoms with Crippen molar-refractivity contribution in [1.29, 1.82) is 0 Å². The highest BCUT2D eigenvalue weighted by Crippen LogP contribution is 2.02. The summed E-state index contributed by atoms with van der Waals surface area (Å²) in [7, 11) is 1.84. The van der Waals surface area contributed by atoms with Crippen LogP contribution in [-0.4, -0.2) is 34.5 Å². The molecular formula is C12H24N4O. The molecule has 0 amide bonds. The Hall–Kier alpha value is -1.10. The lowest BCUT2D eigenvalue weighted by atomic mass is 10.2. The fraction of sp³-hybridized carbons (Fsp3) is 0.833. The molecule has 0 aromatic carbocycles. The van der Waals surface area contributed by atoms with Gasteiger partial charge in [0.25, 0.3) is 0 Å². The molecule has 1 rings (SSSR count). The highest BCUT2D eigenvalue weighted by molar-refractivity contribution is 4.86. The van der Waals surface area contributed by atoms with Gasteiger partial charge in [0.2, 0.25) is 0 Å². The highest BCUT2D eigenvalue weighted by atomic mass is 16.5. The molecule has 17 heavy (non-hydrogen) atoms. The van der Waals surface area contributed by atoms with Gasteiger partial charge in [0.15, 0.2) is 0 Å². The maximum atomic E-state index is 5.41. The molecule has 0 spiro atoms. The third-order valence-electron chi connectivity index (χ3n) is 2.48. The second kappa shape index (κ2) is 8.98. The largest absolute Gasteiger partial charge is 0.462 e. The number of rotatable bonds is 10. The third kappa shape index (κ3) is 6.94. The summed E-state index contributed by atoms with van der Waals surface area (Å²) in [4.78, 5) is 4.00. The first kappa shape index (κ1) is 14.0. The zero-order valence-electron chi connectivity index (χ0n) is 11.0. The number of hydrogen-bond donors (Lipinski definition) is 1. The predicted octanol–water partition coefficient (Wildman–Crippen LogP) is 1.75. The minimum absolute atomic E-state index is 0.483. The molecule has 1 N–H and O–H groups in total. The summed E-state index contributed by atoms with van der Waals surface area (Å²) in [5.41, 5.74) is 0. The maximum Gasteiger partial charge on any atom is 0.335 e. The van der Waals surface area contributed by atoms with Crippen molar-refractivity contribution in [3.8, 4) is 6.01 Å². The third-order valence-corrected chi connectivity index (χ3v) is 2.48. The average Bonchev–Trinajstić information content (AvgIpc) is 2.73. The van der Waals surface area contributed by atoms with Gasteiger partial charge in [-0.2, -0.15) is 4.98 Å². The first-order chi connectivity index (χ1) is 8.33. The van der Waals surface area contributed by atoms with Gasteiger partial charge in [0, 0.05) is 7.05 Å². The van der Waals surface area contributed by atoms with Crippen LogP contribution in [0.15, 0.2) is 6.33 Å². The fourth-order valence-corrected chi connectivity index (χ4v) is 1.56. The van der Waals surface area contributed by atoms with E-state index in [1.54, 1.807) is 11.0 Å². The first-order valence-corrected chi connectivity index (χ1v) is 6.52. The van der Waals surface area contributed by atoms with E-state index < -0.39 is 0 Å². The molecule has 0 bridgehead atoms. The van der Waals surface area contributed by atoms with Gasteiger partial charge < -0.3 is 10.1 Å². The van der Waals surface area contributed by atoms with Crippen LogP contribution in [0, 0.1) is 0 Å². The molecule has 98 valence electrons. The van der Waals surface area contributed by atoms with E-state index in [0.29, 0.717) is 12.6 Å². The van der Waals surface area contributed by atoms with Crippen molar-refractivity contribution in [2.24, 2.45) is 7.05 Å². The molecule has 5 nitrogen and oxygen atoms in total. The summed E-state index contributed by atoms with van der Waals surface area (Å²) >= 11 is 0. The number of aryl methyl sites for hydroxylation is 1. The van der Waals surface area contributed by atoms with Crippen LogP contribution in [0.1, 0.15) is 39.0 Å². The normalized spacial score (nSPS) is 10.7. The van der Waals surface area contributed by atoms with Gasteiger partial charge in [-0.25, -0.2) is 0 Å². The van der Waals surface area contributed by atoms with Gasteiger partial charge in [-0.3, -0.25) is 4.68 Å². The summed E-state index contributed by atoms with van der Waals surface area (Å²) in [6.07, 6.45) is 7.66. The highest BCUT2D eigenvalue weighted by Gasteiger charge is 1.98. The number of aromatic nitrogens is 3. The summed E-state index contributed by atoms with van der Waals surface area (Å²) in [5.74, 6) is 0. The average molecular weight is 240 g/mol. The summed E-state index contributed by atoms with van der Waals surface area (Å²) in [6, 6.07) is 0.483. The predicted molar refractivity (Wildman–Crippen MR) is 68.1 cm³/mol. The van der Waals surface area contributed by atoms with Crippen molar-refractivity contribution in [3.05, 3.63) is 6.33 Å². The Balaban J connectivity index is 1.84. The molecule has 0 atom stereocenters. The molecule has 1 aromatic rings. The maximum absolute atomic E-state index is 5.41. The number of hydrogen-bond acceptors (Lipinski definition) is 4. The Labute approximate surface area is 104 Å². The Morgan fingerprint density at radius 3 is 2.76 bits per heavy atom. The standard InChI is InChI=1S/C12H24N4O/c1-3-8-13-9-6-4-5-7-10-17-12-14-11-16(2)15-12/h11,13H,3-10H2,1-2H3. The zero-order chi connectivity index (χ0) is 12.3. The number of nitrogens with zero attached hydrogens (tertiary/aromatic N) is 3. The molecule has 0 saturated heterocycles. The molecule has 0 aliphatic heterocycles. The molecule has 0 aliphatic carbocycles. The summed E-state index contributed by atoms with van der Waals surface area (Å²) < 4.78 is 7.06. The van der Waals surface area contributed by atoms with Gasteiger partial charge in [-0.15, -0.1) is 5.10 Å². The molecule has 0 fully saturated rings. The van der Waals surface area contributed by atoms with Gasteiger partial charge in [-0.1, -0.05) is 19.8 Å². The summed E-state index contributed by atoms with van der Waals surface area (Å²) in [6.45, 7) is 5.17. The van der Waals surface area contributed by atoms with E-state index in [-0.39, 0.29) is 0 Å². The van der Waals surface area contributed by atoms with Crippen LogP contribution in [0.4, 0.5) is 0 Å². The van der Waals surface area contributed by atoms with E-state index in [4.69, 9.17) is 4.74 Å². The Bertz CT molecular complexity index is 288. The lowest BCUT2D eigenvalue weighted by molar-refractivity contribution is 0.280. The molecule has 1 heterocycles. The SMILES string of the molecule is CCCNCCCCCCOc1ncn(C)n1. The molecule has 0 radical (unpaired) electrons. The van der Waals surface area contributed by atoms with E-state index in [2.05, 4.69) is 22.3 Å². The van der Waals surface area contributed by atoms with Crippen LogP contribution in [-0.2, 0) is 7.05 Å². The lowest BCUT2D eigenvalue weighted by Gasteiger charge is -2.03. The van der Waals surface area contributed by atoms with Crippen molar-refractivity contribution >= 4 is 0 Å². The van der Waals surface area contributed by atoms with Crippen LogP contribution in [0.2, 0.25) is 0 Å². The molecule has 1 aromatic heterocycles. The number of unbranched alkanes of at least 4 members (excludes halogenated alkanes) is 3. The molecule has 0 aliphatic rings. The van der Waals surface area contributed by atoms with Crippen LogP contribution in [0.5, 0.6) is 6.01 Å². The van der Waals surface area contributed by atoms with E-state index >= 15 is 0 Å². The number of nitrogens with one attached hydrogen (secondary N) is 1. The Morgan fingerprint density at radius 1 is 1.24 bits per heavy atom. The van der Waals surface area contributed by atoms with Crippen LogP contribution in [0.3, 0.4) is 0 Å². The quantitative estimate of drug-likeness (QED) is 0.633. The van der Waals surface area contributed by atoms with Crippen LogP contribution < -0.4 is 10.1 Å². The van der Waals surface area contributed by atoms with Crippen molar-refractivity contribution in [1.82, 2.24) is 20.1 Å². The molecule has 0 saturated carbocycles. The van der Waals surface area contributed by atoms with Gasteiger partial charge in [-0.05, 0) is 32.4 Å². The van der Waals surface area contributed by atoms with Crippen molar-refractivity contribution in [2.75, 3.05) is 19.7 Å². The van der Waals surface area contributed by atoms with Gasteiger partial charge in [0.05, 0.1) is 6.61 Å². The smallest absolute Gasteiger partial charge is 0.335 e. The van der Waals surface area contributed by atoms with E-state index in [9.17, 15) is 0 Å². The minimum Gasteiger partial charge on any atom is -0.462 e. The topological polar surface area (TPSA) is 52.0 Å². The second-order valence-corrected chi connectivity index (χ2v) is 4.21. The van der Waals surface area contributed by atoms with Gasteiger partial charge in [0.1, 0.15) is 6.33 Å². The van der Waals surface area contributed by atoms with Crippen molar-refractivity contribution in [2.45, 2.75) is 39.0 Å². The monoisotopic (exact) mass is 240 g/mol. The van der Waals surface area contributed by atoms with Gasteiger partial charge >= 0.3 is 6.01 Å². The Kier molecular flexibility index (Phi) is 7.38. The minimum atomic E-state index is 0.483. The first-order valence-electron chi connectivity index (χ1n) is 6.52. The van der Waals surface area contributed by atoms with Crippen molar-refractivity contribution in [3.63, 3.8) is 0 Å². The lowest BCUT2D eigenvalue weighted by Crippen LogP contribution is -2.15. The zero-order valence-corrected chi connectivity index (χ0v) is 11.0. The molecule has 5 heteroatoms. The fourth-order valence-electron chi connectivity index (χ4n) is 1.56. The summed E-state index contributed by atoms with van der Waals surface area (Å²) in [5, 5.41) is 7.45. The van der Waals surface area contributed by atoms with E-state index in [1.807, 2.05) is 7.05 Å². The van der Waals surface area contributed by atoms with E-state index in [0.717, 1.165) is 19.5 Å². The van der Waals surface area contributed by atoms with Crippen LogP contribution in [0.25, 0.3) is 0 Å². The Morgan fingerprint density at radius 2 is 2.06 bits per heavy atom. The van der Waals surface area contributed by atoms with E-state index in [1.165, 1.54) is 25.7 Å².